The lowest BCUT2D eigenvalue weighted by molar-refractivity contribution is 0.438. The maximum absolute atomic E-state index is 12.3. The second-order valence-corrected chi connectivity index (χ2v) is 6.84. The maximum Gasteiger partial charge on any atom is 0.271 e. The Labute approximate surface area is 113 Å². The minimum Gasteiger partial charge on any atom is -0.361 e. The van der Waals surface area contributed by atoms with Gasteiger partial charge in [-0.1, -0.05) is 32.0 Å². The maximum atomic E-state index is 12.3. The first-order valence-corrected chi connectivity index (χ1v) is 8.54. The molecule has 0 aliphatic heterocycles. The Hall–Kier alpha value is -1.09. The van der Waals surface area contributed by atoms with Crippen molar-refractivity contribution < 1.29 is 9.46 Å². The summed E-state index contributed by atoms with van der Waals surface area (Å²) >= 11 is 0. The molecule has 1 aromatic carbocycles. The van der Waals surface area contributed by atoms with Crippen LogP contribution in [0.3, 0.4) is 0 Å². The van der Waals surface area contributed by atoms with Gasteiger partial charge in [0.25, 0.3) is 7.52 Å². The number of aromatic nitrogens is 1. The molecule has 104 valence electrons. The molecule has 1 aromatic heterocycles. The van der Waals surface area contributed by atoms with Crippen molar-refractivity contribution in [3.05, 3.63) is 36.0 Å². The number of rotatable bonds is 6. The molecule has 0 saturated carbocycles. The van der Waals surface area contributed by atoms with Gasteiger partial charge in [0.1, 0.15) is 0 Å². The minimum absolute atomic E-state index is 0.0982. The molecule has 1 heterocycles. The van der Waals surface area contributed by atoms with Gasteiger partial charge in [0.2, 0.25) is 0 Å². The molecule has 0 bridgehead atoms. The number of hydrogen-bond donors (Lipinski definition) is 3. The molecule has 0 fully saturated rings. The normalized spacial score (nSPS) is 14.9. The summed E-state index contributed by atoms with van der Waals surface area (Å²) in [6, 6.07) is 7.93. The van der Waals surface area contributed by atoms with Crippen LogP contribution in [-0.2, 0) is 10.7 Å². The number of para-hydroxylation sites is 1. The van der Waals surface area contributed by atoms with Crippen molar-refractivity contribution >= 4 is 18.4 Å². The van der Waals surface area contributed by atoms with E-state index in [1.807, 2.05) is 44.3 Å². The summed E-state index contributed by atoms with van der Waals surface area (Å²) in [6.45, 7) is 4.04. The fraction of sp³-hybridized carbons (Fsp3) is 0.429. The zero-order valence-electron chi connectivity index (χ0n) is 11.4. The van der Waals surface area contributed by atoms with Gasteiger partial charge in [-0.15, -0.1) is 0 Å². The summed E-state index contributed by atoms with van der Waals surface area (Å²) < 4.78 is 12.3. The smallest absolute Gasteiger partial charge is 0.271 e. The number of H-pyrrole nitrogens is 1. The number of fused-ring (bicyclic) bond motifs is 1. The third kappa shape index (κ3) is 3.47. The van der Waals surface area contributed by atoms with Crippen LogP contribution in [0.1, 0.15) is 32.3 Å². The minimum atomic E-state index is -3.34. The van der Waals surface area contributed by atoms with Crippen molar-refractivity contribution in [1.82, 2.24) is 10.1 Å². The monoisotopic (exact) mass is 280 g/mol. The topological polar surface area (TPSA) is 65.1 Å². The SMILES string of the molecule is CCC(CC)NP(=O)(O)Cc1c[nH]c2ccccc12. The highest BCUT2D eigenvalue weighted by Gasteiger charge is 2.23. The fourth-order valence-electron chi connectivity index (χ4n) is 2.30. The van der Waals surface area contributed by atoms with Crippen molar-refractivity contribution in [2.75, 3.05) is 0 Å². The van der Waals surface area contributed by atoms with E-state index < -0.39 is 7.52 Å². The number of aromatic amines is 1. The number of benzene rings is 1. The van der Waals surface area contributed by atoms with Crippen molar-refractivity contribution in [1.29, 1.82) is 0 Å². The third-order valence-electron chi connectivity index (χ3n) is 3.43. The highest BCUT2D eigenvalue weighted by molar-refractivity contribution is 7.55. The third-order valence-corrected chi connectivity index (χ3v) is 4.97. The Morgan fingerprint density at radius 3 is 2.68 bits per heavy atom. The Morgan fingerprint density at radius 2 is 2.00 bits per heavy atom. The van der Waals surface area contributed by atoms with Gasteiger partial charge in [0.05, 0.1) is 6.16 Å². The molecule has 3 N–H and O–H groups in total. The number of nitrogens with one attached hydrogen (secondary N) is 2. The van der Waals surface area contributed by atoms with E-state index in [9.17, 15) is 9.46 Å². The summed E-state index contributed by atoms with van der Waals surface area (Å²) in [4.78, 5) is 13.2. The molecule has 19 heavy (non-hydrogen) atoms. The Kier molecular flexibility index (Phi) is 4.46. The zero-order chi connectivity index (χ0) is 13.9. The van der Waals surface area contributed by atoms with Crippen LogP contribution in [0.25, 0.3) is 10.9 Å². The molecule has 2 aromatic rings. The van der Waals surface area contributed by atoms with E-state index >= 15 is 0 Å². The van der Waals surface area contributed by atoms with Crippen molar-refractivity contribution in [2.24, 2.45) is 0 Å². The van der Waals surface area contributed by atoms with Gasteiger partial charge in [0, 0.05) is 23.1 Å². The molecule has 0 radical (unpaired) electrons. The van der Waals surface area contributed by atoms with Crippen LogP contribution < -0.4 is 5.09 Å². The van der Waals surface area contributed by atoms with Gasteiger partial charge >= 0.3 is 0 Å². The lowest BCUT2D eigenvalue weighted by atomic mass is 10.2. The molecule has 4 nitrogen and oxygen atoms in total. The van der Waals surface area contributed by atoms with Crippen LogP contribution in [0.2, 0.25) is 0 Å². The largest absolute Gasteiger partial charge is 0.361 e. The fourth-order valence-corrected chi connectivity index (χ4v) is 4.05. The van der Waals surface area contributed by atoms with Crippen LogP contribution >= 0.6 is 7.52 Å². The van der Waals surface area contributed by atoms with Gasteiger partial charge in [0.15, 0.2) is 0 Å². The predicted molar refractivity (Wildman–Crippen MR) is 79.3 cm³/mol. The van der Waals surface area contributed by atoms with Crippen molar-refractivity contribution in [3.63, 3.8) is 0 Å². The summed E-state index contributed by atoms with van der Waals surface area (Å²) in [7, 11) is -3.34. The second kappa shape index (κ2) is 5.91. The van der Waals surface area contributed by atoms with Crippen LogP contribution in [0.5, 0.6) is 0 Å². The van der Waals surface area contributed by atoms with E-state index in [1.54, 1.807) is 0 Å². The van der Waals surface area contributed by atoms with E-state index in [4.69, 9.17) is 0 Å². The van der Waals surface area contributed by atoms with Gasteiger partial charge in [-0.05, 0) is 24.5 Å². The van der Waals surface area contributed by atoms with Crippen LogP contribution in [0.4, 0.5) is 0 Å². The molecule has 2 rings (SSSR count). The van der Waals surface area contributed by atoms with Crippen LogP contribution in [0.15, 0.2) is 30.5 Å². The average molecular weight is 280 g/mol. The van der Waals surface area contributed by atoms with Crippen molar-refractivity contribution in [2.45, 2.75) is 38.9 Å². The molecular weight excluding hydrogens is 259 g/mol. The first-order chi connectivity index (χ1) is 9.05. The first kappa shape index (κ1) is 14.3. The summed E-state index contributed by atoms with van der Waals surface area (Å²) in [5.41, 5.74) is 1.89. The molecule has 5 heteroatoms. The van der Waals surface area contributed by atoms with E-state index in [-0.39, 0.29) is 12.2 Å². The lowest BCUT2D eigenvalue weighted by Crippen LogP contribution is -2.25. The van der Waals surface area contributed by atoms with Crippen LogP contribution in [0, 0.1) is 0 Å². The Bertz CT molecular complexity index is 590. The number of hydrogen-bond acceptors (Lipinski definition) is 1. The molecule has 0 aliphatic rings. The highest BCUT2D eigenvalue weighted by Crippen LogP contribution is 2.42. The van der Waals surface area contributed by atoms with E-state index in [1.165, 1.54) is 0 Å². The van der Waals surface area contributed by atoms with Crippen molar-refractivity contribution in [3.8, 4) is 0 Å². The highest BCUT2D eigenvalue weighted by atomic mass is 31.2. The van der Waals surface area contributed by atoms with Gasteiger partial charge in [-0.25, -0.2) is 5.09 Å². The van der Waals surface area contributed by atoms with Gasteiger partial charge in [-0.2, -0.15) is 0 Å². The standard InChI is InChI=1S/C14H21N2O2P/c1-3-12(4-2)16-19(17,18)10-11-9-15-14-8-6-5-7-13(11)14/h5-9,12,15H,3-4,10H2,1-2H3,(H2,16,17,18). The molecule has 0 spiro atoms. The molecule has 1 unspecified atom stereocenters. The Morgan fingerprint density at radius 1 is 1.32 bits per heavy atom. The quantitative estimate of drug-likeness (QED) is 0.708. The van der Waals surface area contributed by atoms with E-state index in [0.29, 0.717) is 0 Å². The predicted octanol–water partition coefficient (Wildman–Crippen LogP) is 3.63. The first-order valence-electron chi connectivity index (χ1n) is 6.70. The molecule has 0 amide bonds. The molecular formula is C14H21N2O2P. The summed E-state index contributed by atoms with van der Waals surface area (Å²) in [5.74, 6) is 0. The average Bonchev–Trinajstić information content (AvgIpc) is 2.79. The van der Waals surface area contributed by atoms with Gasteiger partial charge in [-0.3, -0.25) is 4.57 Å². The summed E-state index contributed by atoms with van der Waals surface area (Å²) in [6.07, 6.45) is 3.69. The second-order valence-electron chi connectivity index (χ2n) is 4.86. The van der Waals surface area contributed by atoms with Gasteiger partial charge < -0.3 is 9.88 Å². The van der Waals surface area contributed by atoms with E-state index in [2.05, 4.69) is 10.1 Å². The van der Waals surface area contributed by atoms with E-state index in [0.717, 1.165) is 29.3 Å². The molecule has 1 atom stereocenters. The zero-order valence-corrected chi connectivity index (χ0v) is 12.3. The summed E-state index contributed by atoms with van der Waals surface area (Å²) in [5, 5.41) is 3.91. The molecule has 0 saturated heterocycles. The Balaban J connectivity index is 2.17. The lowest BCUT2D eigenvalue weighted by Gasteiger charge is -2.19. The van der Waals surface area contributed by atoms with Crippen LogP contribution in [-0.4, -0.2) is 15.9 Å². The molecule has 0 aliphatic carbocycles.